The standard InChI is InChI=1S/C26H23N3O3/c1-18-28-23-8-4-5-9-24(23)29(18)15-14-27-26(30)25-13-12-22(32-25)17-31-21-11-10-19-6-2-3-7-20(19)16-21/h2-13,16H,14-15,17H2,1H3,(H,27,30). The van der Waals surface area contributed by atoms with Gasteiger partial charge >= 0.3 is 0 Å². The number of aromatic nitrogens is 2. The Morgan fingerprint density at radius 1 is 1.00 bits per heavy atom. The fourth-order valence-electron chi connectivity index (χ4n) is 3.84. The van der Waals surface area contributed by atoms with E-state index in [1.54, 1.807) is 12.1 Å². The third-order valence-corrected chi connectivity index (χ3v) is 5.45. The molecule has 5 rings (SSSR count). The van der Waals surface area contributed by atoms with Crippen LogP contribution in [0.5, 0.6) is 5.75 Å². The monoisotopic (exact) mass is 425 g/mol. The van der Waals surface area contributed by atoms with Crippen LogP contribution < -0.4 is 10.1 Å². The molecule has 0 radical (unpaired) electrons. The van der Waals surface area contributed by atoms with Gasteiger partial charge in [-0.3, -0.25) is 4.79 Å². The van der Waals surface area contributed by atoms with Gasteiger partial charge in [-0.2, -0.15) is 0 Å². The van der Waals surface area contributed by atoms with Crippen LogP contribution in [-0.2, 0) is 13.2 Å². The average molecular weight is 425 g/mol. The number of hydrogen-bond acceptors (Lipinski definition) is 4. The van der Waals surface area contributed by atoms with E-state index in [4.69, 9.17) is 9.15 Å². The molecule has 1 N–H and O–H groups in total. The molecule has 2 aromatic heterocycles. The molecule has 0 saturated carbocycles. The predicted molar refractivity (Wildman–Crippen MR) is 124 cm³/mol. The van der Waals surface area contributed by atoms with E-state index in [1.165, 1.54) is 0 Å². The lowest BCUT2D eigenvalue weighted by Gasteiger charge is -2.08. The van der Waals surface area contributed by atoms with Gasteiger partial charge in [-0.25, -0.2) is 4.98 Å². The van der Waals surface area contributed by atoms with Crippen molar-refractivity contribution in [1.29, 1.82) is 0 Å². The van der Waals surface area contributed by atoms with Gasteiger partial charge in [0.25, 0.3) is 5.91 Å². The summed E-state index contributed by atoms with van der Waals surface area (Å²) in [5, 5.41) is 5.19. The highest BCUT2D eigenvalue weighted by atomic mass is 16.5. The fraction of sp³-hybridized carbons (Fsp3) is 0.154. The van der Waals surface area contributed by atoms with Gasteiger partial charge < -0.3 is 19.0 Å². The summed E-state index contributed by atoms with van der Waals surface area (Å²) in [7, 11) is 0. The quantitative estimate of drug-likeness (QED) is 0.394. The van der Waals surface area contributed by atoms with Crippen molar-refractivity contribution < 1.29 is 13.9 Å². The largest absolute Gasteiger partial charge is 0.486 e. The van der Waals surface area contributed by atoms with E-state index in [2.05, 4.69) is 20.9 Å². The van der Waals surface area contributed by atoms with E-state index >= 15 is 0 Å². The van der Waals surface area contributed by atoms with Gasteiger partial charge in [0, 0.05) is 13.1 Å². The second-order valence-electron chi connectivity index (χ2n) is 7.62. The van der Waals surface area contributed by atoms with E-state index in [0.29, 0.717) is 18.8 Å². The third kappa shape index (κ3) is 4.07. The molecule has 32 heavy (non-hydrogen) atoms. The number of benzene rings is 3. The topological polar surface area (TPSA) is 69.3 Å². The van der Waals surface area contributed by atoms with E-state index in [-0.39, 0.29) is 18.3 Å². The number of rotatable bonds is 7. The van der Waals surface area contributed by atoms with Gasteiger partial charge in [0.2, 0.25) is 0 Å². The van der Waals surface area contributed by atoms with Crippen LogP contribution in [0.25, 0.3) is 21.8 Å². The van der Waals surface area contributed by atoms with Crippen LogP contribution in [0.3, 0.4) is 0 Å². The number of para-hydroxylation sites is 2. The molecule has 0 fully saturated rings. The first-order chi connectivity index (χ1) is 15.7. The van der Waals surface area contributed by atoms with Crippen LogP contribution in [0.1, 0.15) is 22.1 Å². The molecule has 0 saturated heterocycles. The summed E-state index contributed by atoms with van der Waals surface area (Å²) >= 11 is 0. The Balaban J connectivity index is 1.17. The lowest BCUT2D eigenvalue weighted by molar-refractivity contribution is 0.0920. The molecule has 0 bridgehead atoms. The Morgan fingerprint density at radius 3 is 2.72 bits per heavy atom. The van der Waals surface area contributed by atoms with E-state index in [9.17, 15) is 4.79 Å². The molecule has 0 spiro atoms. The van der Waals surface area contributed by atoms with Crippen molar-refractivity contribution in [2.45, 2.75) is 20.1 Å². The molecular formula is C26H23N3O3. The van der Waals surface area contributed by atoms with Crippen molar-refractivity contribution in [3.63, 3.8) is 0 Å². The van der Waals surface area contributed by atoms with Gasteiger partial charge in [0.15, 0.2) is 5.76 Å². The summed E-state index contributed by atoms with van der Waals surface area (Å²) in [6, 6.07) is 25.5. The van der Waals surface area contributed by atoms with Crippen LogP contribution >= 0.6 is 0 Å². The molecule has 5 aromatic rings. The zero-order valence-electron chi connectivity index (χ0n) is 17.7. The number of amides is 1. The molecule has 0 unspecified atom stereocenters. The maximum absolute atomic E-state index is 12.5. The van der Waals surface area contributed by atoms with Crippen molar-refractivity contribution in [3.05, 3.63) is 96.2 Å². The molecule has 6 nitrogen and oxygen atoms in total. The van der Waals surface area contributed by atoms with Crippen molar-refractivity contribution in [1.82, 2.24) is 14.9 Å². The number of nitrogens with zero attached hydrogens (tertiary/aromatic N) is 2. The Bertz CT molecular complexity index is 1400. The second-order valence-corrected chi connectivity index (χ2v) is 7.62. The first-order valence-electron chi connectivity index (χ1n) is 10.6. The number of nitrogens with one attached hydrogen (secondary N) is 1. The molecule has 6 heteroatoms. The lowest BCUT2D eigenvalue weighted by atomic mass is 10.1. The smallest absolute Gasteiger partial charge is 0.287 e. The Labute approximate surface area is 185 Å². The minimum Gasteiger partial charge on any atom is -0.486 e. The summed E-state index contributed by atoms with van der Waals surface area (Å²) in [5.41, 5.74) is 2.02. The number of carbonyl (C=O) groups is 1. The number of aryl methyl sites for hydroxylation is 1. The minimum atomic E-state index is -0.246. The van der Waals surface area contributed by atoms with Gasteiger partial charge in [0.05, 0.1) is 11.0 Å². The number of hydrogen-bond donors (Lipinski definition) is 1. The summed E-state index contributed by atoms with van der Waals surface area (Å²) in [6.45, 7) is 3.34. The Morgan fingerprint density at radius 2 is 1.81 bits per heavy atom. The molecule has 0 aliphatic carbocycles. The Hall–Kier alpha value is -4.06. The number of carbonyl (C=O) groups excluding carboxylic acids is 1. The highest BCUT2D eigenvalue weighted by Gasteiger charge is 2.12. The SMILES string of the molecule is Cc1nc2ccccc2n1CCNC(=O)c1ccc(COc2ccc3ccccc3c2)o1. The second kappa shape index (κ2) is 8.59. The molecule has 2 heterocycles. The highest BCUT2D eigenvalue weighted by Crippen LogP contribution is 2.22. The fourth-order valence-corrected chi connectivity index (χ4v) is 3.84. The molecule has 1 amide bonds. The van der Waals surface area contributed by atoms with Crippen LogP contribution in [-0.4, -0.2) is 22.0 Å². The van der Waals surface area contributed by atoms with E-state index < -0.39 is 0 Å². The summed E-state index contributed by atoms with van der Waals surface area (Å²) in [5.74, 6) is 2.30. The summed E-state index contributed by atoms with van der Waals surface area (Å²) in [6.07, 6.45) is 0. The molecule has 3 aromatic carbocycles. The average Bonchev–Trinajstić information content (AvgIpc) is 3.42. The van der Waals surface area contributed by atoms with Crippen molar-refractivity contribution in [3.8, 4) is 5.75 Å². The van der Waals surface area contributed by atoms with Crippen molar-refractivity contribution in [2.24, 2.45) is 0 Å². The molecular weight excluding hydrogens is 402 g/mol. The van der Waals surface area contributed by atoms with Crippen molar-refractivity contribution >= 4 is 27.7 Å². The van der Waals surface area contributed by atoms with Gasteiger partial charge in [-0.05, 0) is 54.1 Å². The molecule has 0 aliphatic rings. The first kappa shape index (κ1) is 19.9. The molecule has 0 aliphatic heterocycles. The van der Waals surface area contributed by atoms with Crippen LogP contribution in [0, 0.1) is 6.92 Å². The minimum absolute atomic E-state index is 0.246. The number of furan rings is 1. The van der Waals surface area contributed by atoms with Gasteiger partial charge in [-0.15, -0.1) is 0 Å². The van der Waals surface area contributed by atoms with E-state index in [0.717, 1.165) is 33.4 Å². The van der Waals surface area contributed by atoms with Crippen LogP contribution in [0.15, 0.2) is 83.3 Å². The first-order valence-corrected chi connectivity index (χ1v) is 10.6. The van der Waals surface area contributed by atoms with E-state index in [1.807, 2.05) is 67.6 Å². The lowest BCUT2D eigenvalue weighted by Crippen LogP contribution is -2.27. The number of imidazole rings is 1. The zero-order chi connectivity index (χ0) is 21.9. The number of fused-ring (bicyclic) bond motifs is 2. The predicted octanol–water partition coefficient (Wildman–Crippen LogP) is 5.10. The van der Waals surface area contributed by atoms with Crippen LogP contribution in [0.4, 0.5) is 0 Å². The van der Waals surface area contributed by atoms with Crippen molar-refractivity contribution in [2.75, 3.05) is 6.54 Å². The summed E-state index contributed by atoms with van der Waals surface area (Å²) < 4.78 is 13.6. The maximum Gasteiger partial charge on any atom is 0.287 e. The third-order valence-electron chi connectivity index (χ3n) is 5.45. The van der Waals surface area contributed by atoms with Crippen LogP contribution in [0.2, 0.25) is 0 Å². The maximum atomic E-state index is 12.5. The Kier molecular flexibility index (Phi) is 5.34. The molecule has 0 atom stereocenters. The van der Waals surface area contributed by atoms with Gasteiger partial charge in [0.1, 0.15) is 23.9 Å². The highest BCUT2D eigenvalue weighted by molar-refractivity contribution is 5.91. The molecule has 160 valence electrons. The normalized spacial score (nSPS) is 11.2. The zero-order valence-corrected chi connectivity index (χ0v) is 17.7. The summed E-state index contributed by atoms with van der Waals surface area (Å²) in [4.78, 5) is 17.0. The number of ether oxygens (including phenoxy) is 1. The van der Waals surface area contributed by atoms with Gasteiger partial charge in [-0.1, -0.05) is 42.5 Å².